The summed E-state index contributed by atoms with van der Waals surface area (Å²) in [5, 5.41) is 0. The van der Waals surface area contributed by atoms with Crippen molar-refractivity contribution in [3.05, 3.63) is 29.8 Å². The topological polar surface area (TPSA) is 20.3 Å². The van der Waals surface area contributed by atoms with Crippen LogP contribution in [0, 0.1) is 5.92 Å². The smallest absolute Gasteiger partial charge is 0.253 e. The predicted octanol–water partition coefficient (Wildman–Crippen LogP) is 3.67. The van der Waals surface area contributed by atoms with Gasteiger partial charge in [0.1, 0.15) is 0 Å². The Morgan fingerprint density at radius 1 is 1.39 bits per heavy atom. The van der Waals surface area contributed by atoms with E-state index in [-0.39, 0.29) is 5.91 Å². The highest BCUT2D eigenvalue weighted by Gasteiger charge is 2.23. The van der Waals surface area contributed by atoms with Crippen molar-refractivity contribution < 1.29 is 4.79 Å². The molecule has 98 valence electrons. The van der Waals surface area contributed by atoms with E-state index >= 15 is 0 Å². The molecular formula is C15H21NOS. The van der Waals surface area contributed by atoms with Gasteiger partial charge in [0.15, 0.2) is 0 Å². The molecule has 1 aliphatic heterocycles. The van der Waals surface area contributed by atoms with Gasteiger partial charge in [-0.2, -0.15) is 0 Å². The Morgan fingerprint density at radius 2 is 2.11 bits per heavy atom. The molecule has 0 aliphatic carbocycles. The van der Waals surface area contributed by atoms with E-state index in [9.17, 15) is 4.79 Å². The van der Waals surface area contributed by atoms with Crippen LogP contribution in [-0.2, 0) is 0 Å². The molecule has 1 amide bonds. The summed E-state index contributed by atoms with van der Waals surface area (Å²) in [6.45, 7) is 4.06. The molecular weight excluding hydrogens is 242 g/mol. The molecule has 0 radical (unpaired) electrons. The number of carbonyl (C=O) groups is 1. The summed E-state index contributed by atoms with van der Waals surface area (Å²) in [4.78, 5) is 15.6. The first kappa shape index (κ1) is 13.5. The monoisotopic (exact) mass is 263 g/mol. The summed E-state index contributed by atoms with van der Waals surface area (Å²) in [5.74, 6) is 0.883. The number of carbonyl (C=O) groups excluding carboxylic acids is 1. The summed E-state index contributed by atoms with van der Waals surface area (Å²) in [7, 11) is 0. The van der Waals surface area contributed by atoms with Crippen molar-refractivity contribution in [3.63, 3.8) is 0 Å². The average Bonchev–Trinajstić information content (AvgIpc) is 2.46. The number of hydrogen-bond acceptors (Lipinski definition) is 2. The standard InChI is InChI=1S/C15H21NOS/c1-3-12-5-4-10-16(11-12)15(17)13-6-8-14(18-2)9-7-13/h6-9,12H,3-5,10-11H2,1-2H3. The van der Waals surface area contributed by atoms with Crippen molar-refractivity contribution in [3.8, 4) is 0 Å². The van der Waals surface area contributed by atoms with E-state index in [0.717, 1.165) is 25.1 Å². The van der Waals surface area contributed by atoms with Gasteiger partial charge < -0.3 is 4.90 Å². The molecule has 1 heterocycles. The fourth-order valence-corrected chi connectivity index (χ4v) is 2.91. The number of amides is 1. The summed E-state index contributed by atoms with van der Waals surface area (Å²) in [6.07, 6.45) is 5.64. The van der Waals surface area contributed by atoms with Crippen LogP contribution in [0.15, 0.2) is 29.2 Å². The summed E-state index contributed by atoms with van der Waals surface area (Å²) in [6, 6.07) is 7.95. The zero-order chi connectivity index (χ0) is 13.0. The van der Waals surface area contributed by atoms with Crippen molar-refractivity contribution in [1.82, 2.24) is 4.90 Å². The highest BCUT2D eigenvalue weighted by molar-refractivity contribution is 7.98. The SMILES string of the molecule is CCC1CCCN(C(=O)c2ccc(SC)cc2)C1. The number of rotatable bonds is 3. The van der Waals surface area contributed by atoms with Gasteiger partial charge in [0, 0.05) is 23.5 Å². The summed E-state index contributed by atoms with van der Waals surface area (Å²) < 4.78 is 0. The second-order valence-electron chi connectivity index (χ2n) is 4.90. The number of hydrogen-bond donors (Lipinski definition) is 0. The Kier molecular flexibility index (Phi) is 4.70. The number of nitrogens with zero attached hydrogens (tertiary/aromatic N) is 1. The molecule has 1 atom stereocenters. The van der Waals surface area contributed by atoms with Gasteiger partial charge in [0.05, 0.1) is 0 Å². The lowest BCUT2D eigenvalue weighted by atomic mass is 9.95. The van der Waals surface area contributed by atoms with Crippen molar-refractivity contribution in [1.29, 1.82) is 0 Å². The third-order valence-corrected chi connectivity index (χ3v) is 4.46. The Hall–Kier alpha value is -0.960. The van der Waals surface area contributed by atoms with Crippen LogP contribution in [-0.4, -0.2) is 30.2 Å². The normalized spacial score (nSPS) is 19.9. The van der Waals surface area contributed by atoms with Gasteiger partial charge in [0.2, 0.25) is 0 Å². The quantitative estimate of drug-likeness (QED) is 0.776. The number of piperidine rings is 1. The van der Waals surface area contributed by atoms with Crippen LogP contribution < -0.4 is 0 Å². The summed E-state index contributed by atoms with van der Waals surface area (Å²) in [5.41, 5.74) is 0.824. The second-order valence-corrected chi connectivity index (χ2v) is 5.78. The molecule has 1 unspecified atom stereocenters. The van der Waals surface area contributed by atoms with Crippen molar-refractivity contribution in [2.75, 3.05) is 19.3 Å². The van der Waals surface area contributed by atoms with E-state index in [0.29, 0.717) is 5.92 Å². The first-order valence-corrected chi connectivity index (χ1v) is 7.90. The van der Waals surface area contributed by atoms with Crippen molar-refractivity contribution in [2.24, 2.45) is 5.92 Å². The van der Waals surface area contributed by atoms with E-state index in [1.54, 1.807) is 11.8 Å². The molecule has 3 heteroatoms. The zero-order valence-corrected chi connectivity index (χ0v) is 12.0. The Bertz CT molecular complexity index is 401. The van der Waals surface area contributed by atoms with Crippen molar-refractivity contribution in [2.45, 2.75) is 31.1 Å². The molecule has 1 aliphatic rings. The third-order valence-electron chi connectivity index (χ3n) is 3.72. The second kappa shape index (κ2) is 6.28. The van der Waals surface area contributed by atoms with Crippen LogP contribution in [0.4, 0.5) is 0 Å². The fraction of sp³-hybridized carbons (Fsp3) is 0.533. The molecule has 1 saturated heterocycles. The van der Waals surface area contributed by atoms with E-state index in [4.69, 9.17) is 0 Å². The molecule has 0 N–H and O–H groups in total. The molecule has 18 heavy (non-hydrogen) atoms. The van der Waals surface area contributed by atoms with Crippen LogP contribution >= 0.6 is 11.8 Å². The van der Waals surface area contributed by atoms with E-state index in [1.807, 2.05) is 35.4 Å². The van der Waals surface area contributed by atoms with Crippen LogP contribution in [0.5, 0.6) is 0 Å². The van der Waals surface area contributed by atoms with Crippen molar-refractivity contribution >= 4 is 17.7 Å². The fourth-order valence-electron chi connectivity index (χ4n) is 2.50. The minimum atomic E-state index is 0.195. The number of thioether (sulfide) groups is 1. The largest absolute Gasteiger partial charge is 0.338 e. The van der Waals surface area contributed by atoms with Gasteiger partial charge in [-0.3, -0.25) is 4.79 Å². The highest BCUT2D eigenvalue weighted by atomic mass is 32.2. The van der Waals surface area contributed by atoms with Crippen LogP contribution in [0.3, 0.4) is 0 Å². The molecule has 0 bridgehead atoms. The lowest BCUT2D eigenvalue weighted by Crippen LogP contribution is -2.39. The van der Waals surface area contributed by atoms with Gasteiger partial charge in [-0.05, 0) is 49.3 Å². The molecule has 1 aromatic rings. The van der Waals surface area contributed by atoms with Crippen LogP contribution in [0.25, 0.3) is 0 Å². The zero-order valence-electron chi connectivity index (χ0n) is 11.2. The van der Waals surface area contributed by atoms with Gasteiger partial charge in [0.25, 0.3) is 5.91 Å². The van der Waals surface area contributed by atoms with Gasteiger partial charge in [-0.1, -0.05) is 13.3 Å². The van der Waals surface area contributed by atoms with Gasteiger partial charge in [-0.25, -0.2) is 0 Å². The minimum Gasteiger partial charge on any atom is -0.338 e. The maximum Gasteiger partial charge on any atom is 0.253 e. The number of likely N-dealkylation sites (tertiary alicyclic amines) is 1. The summed E-state index contributed by atoms with van der Waals surface area (Å²) >= 11 is 1.70. The minimum absolute atomic E-state index is 0.195. The van der Waals surface area contributed by atoms with Crippen LogP contribution in [0.2, 0.25) is 0 Å². The maximum atomic E-state index is 12.4. The lowest BCUT2D eigenvalue weighted by Gasteiger charge is -2.32. The molecule has 2 nitrogen and oxygen atoms in total. The van der Waals surface area contributed by atoms with Gasteiger partial charge in [-0.15, -0.1) is 11.8 Å². The van der Waals surface area contributed by atoms with Crippen LogP contribution in [0.1, 0.15) is 36.5 Å². The van der Waals surface area contributed by atoms with E-state index < -0.39 is 0 Å². The predicted molar refractivity (Wildman–Crippen MR) is 77.1 cm³/mol. The highest BCUT2D eigenvalue weighted by Crippen LogP contribution is 2.22. The molecule has 2 rings (SSSR count). The molecule has 0 spiro atoms. The van der Waals surface area contributed by atoms with Gasteiger partial charge >= 0.3 is 0 Å². The number of benzene rings is 1. The van der Waals surface area contributed by atoms with E-state index in [2.05, 4.69) is 6.92 Å². The molecule has 0 aromatic heterocycles. The molecule has 1 fully saturated rings. The first-order valence-electron chi connectivity index (χ1n) is 6.68. The lowest BCUT2D eigenvalue weighted by molar-refractivity contribution is 0.0671. The third kappa shape index (κ3) is 3.08. The molecule has 0 saturated carbocycles. The maximum absolute atomic E-state index is 12.4. The van der Waals surface area contributed by atoms with E-state index in [1.165, 1.54) is 17.7 Å². The Morgan fingerprint density at radius 3 is 2.72 bits per heavy atom. The Labute approximate surface area is 114 Å². The first-order chi connectivity index (χ1) is 8.74. The Balaban J connectivity index is 2.05. The molecule has 1 aromatic carbocycles. The average molecular weight is 263 g/mol.